The van der Waals surface area contributed by atoms with Gasteiger partial charge in [0.1, 0.15) is 17.2 Å². The van der Waals surface area contributed by atoms with Crippen LogP contribution < -0.4 is 24.4 Å². The van der Waals surface area contributed by atoms with Crippen LogP contribution in [0.15, 0.2) is 40.9 Å². The van der Waals surface area contributed by atoms with E-state index in [1.165, 1.54) is 0 Å². The van der Waals surface area contributed by atoms with Crippen molar-refractivity contribution in [1.82, 2.24) is 10.1 Å². The molecule has 0 atom stereocenters. The molecule has 186 valence electrons. The molecule has 2 heterocycles. The van der Waals surface area contributed by atoms with E-state index in [4.69, 9.17) is 23.5 Å². The monoisotopic (exact) mass is 482 g/mol. The normalized spacial score (nSPS) is 13.4. The number of benzene rings is 2. The van der Waals surface area contributed by atoms with Crippen molar-refractivity contribution >= 4 is 17.3 Å². The summed E-state index contributed by atoms with van der Waals surface area (Å²) < 4.78 is 27.9. The van der Waals surface area contributed by atoms with Crippen LogP contribution in [0.4, 0.5) is 11.4 Å². The molecule has 1 aliphatic heterocycles. The molecule has 35 heavy (non-hydrogen) atoms. The molecule has 4 rings (SSSR count). The molecule has 3 aromatic rings. The van der Waals surface area contributed by atoms with Crippen LogP contribution in [0.3, 0.4) is 0 Å². The molecule has 0 aliphatic carbocycles. The summed E-state index contributed by atoms with van der Waals surface area (Å²) in [5, 5.41) is 6.78. The fraction of sp³-hybridized carbons (Fsp3) is 0.400. The highest BCUT2D eigenvalue weighted by molar-refractivity contribution is 5.94. The third-order valence-corrected chi connectivity index (χ3v) is 5.30. The fourth-order valence-electron chi connectivity index (χ4n) is 3.70. The zero-order valence-electron chi connectivity index (χ0n) is 20.2. The SMILES string of the molecule is CCOc1cc(N2CCOCC2)c(OCC)cc1NC(=O)COc1ccc(-c2noc(C)n2)cc1. The standard InChI is InChI=1S/C25H30N4O6/c1-4-32-22-15-21(29-10-12-31-13-11-29)23(33-5-2)14-20(22)27-24(30)16-34-19-8-6-18(7-9-19)25-26-17(3)35-28-25/h6-9,14-15H,4-5,10-13,16H2,1-3H3,(H,27,30). The van der Waals surface area contributed by atoms with Gasteiger partial charge in [-0.05, 0) is 38.1 Å². The lowest BCUT2D eigenvalue weighted by atomic mass is 10.2. The summed E-state index contributed by atoms with van der Waals surface area (Å²) in [5.74, 6) is 2.49. The van der Waals surface area contributed by atoms with Crippen molar-refractivity contribution in [3.8, 4) is 28.6 Å². The summed E-state index contributed by atoms with van der Waals surface area (Å²) in [7, 11) is 0. The van der Waals surface area contributed by atoms with Gasteiger partial charge in [-0.1, -0.05) is 5.16 Å². The Morgan fingerprint density at radius 1 is 1.03 bits per heavy atom. The predicted molar refractivity (Wildman–Crippen MR) is 130 cm³/mol. The molecule has 10 nitrogen and oxygen atoms in total. The lowest BCUT2D eigenvalue weighted by Gasteiger charge is -2.31. The van der Waals surface area contributed by atoms with Crippen molar-refractivity contribution in [2.75, 3.05) is 56.3 Å². The van der Waals surface area contributed by atoms with Gasteiger partial charge in [-0.2, -0.15) is 4.98 Å². The van der Waals surface area contributed by atoms with Crippen molar-refractivity contribution in [3.05, 3.63) is 42.3 Å². The van der Waals surface area contributed by atoms with Gasteiger partial charge in [-0.25, -0.2) is 0 Å². The number of anilines is 2. The second kappa shape index (κ2) is 11.6. The number of aromatic nitrogens is 2. The number of rotatable bonds is 10. The highest BCUT2D eigenvalue weighted by Gasteiger charge is 2.20. The van der Waals surface area contributed by atoms with Crippen LogP contribution >= 0.6 is 0 Å². The molecule has 0 radical (unpaired) electrons. The van der Waals surface area contributed by atoms with Crippen LogP contribution in [0.2, 0.25) is 0 Å². The Bertz CT molecular complexity index is 1130. The molecule has 1 N–H and O–H groups in total. The molecule has 0 unspecified atom stereocenters. The predicted octanol–water partition coefficient (Wildman–Crippen LogP) is 3.70. The maximum Gasteiger partial charge on any atom is 0.262 e. The molecule has 1 saturated heterocycles. The van der Waals surface area contributed by atoms with Crippen molar-refractivity contribution in [1.29, 1.82) is 0 Å². The minimum atomic E-state index is -0.314. The largest absolute Gasteiger partial charge is 0.492 e. The zero-order valence-corrected chi connectivity index (χ0v) is 20.2. The number of hydrogen-bond donors (Lipinski definition) is 1. The van der Waals surface area contributed by atoms with Crippen molar-refractivity contribution in [2.24, 2.45) is 0 Å². The molecule has 1 amide bonds. The molecule has 2 aromatic carbocycles. The lowest BCUT2D eigenvalue weighted by molar-refractivity contribution is -0.118. The number of amides is 1. The number of hydrogen-bond acceptors (Lipinski definition) is 9. The van der Waals surface area contributed by atoms with Crippen LogP contribution in [0.25, 0.3) is 11.4 Å². The third-order valence-electron chi connectivity index (χ3n) is 5.30. The number of carbonyl (C=O) groups excluding carboxylic acids is 1. The van der Waals surface area contributed by atoms with Gasteiger partial charge in [0.05, 0.1) is 37.8 Å². The van der Waals surface area contributed by atoms with Crippen molar-refractivity contribution in [3.63, 3.8) is 0 Å². The number of aryl methyl sites for hydroxylation is 1. The van der Waals surface area contributed by atoms with Gasteiger partial charge in [0, 0.05) is 37.7 Å². The highest BCUT2D eigenvalue weighted by atomic mass is 16.5. The summed E-state index contributed by atoms with van der Waals surface area (Å²) in [6, 6.07) is 10.8. The Kier molecular flexibility index (Phi) is 8.04. The third kappa shape index (κ3) is 6.21. The number of morpholine rings is 1. The Hall–Kier alpha value is -3.79. The van der Waals surface area contributed by atoms with Crippen molar-refractivity contribution in [2.45, 2.75) is 20.8 Å². The van der Waals surface area contributed by atoms with Crippen LogP contribution in [0, 0.1) is 6.92 Å². The zero-order chi connectivity index (χ0) is 24.6. The van der Waals surface area contributed by atoms with Crippen LogP contribution in [-0.4, -0.2) is 62.2 Å². The molecule has 0 spiro atoms. The summed E-state index contributed by atoms with van der Waals surface area (Å²) >= 11 is 0. The second-order valence-electron chi connectivity index (χ2n) is 7.78. The molecular weight excluding hydrogens is 452 g/mol. The maximum absolute atomic E-state index is 12.7. The average molecular weight is 483 g/mol. The number of nitrogens with one attached hydrogen (secondary N) is 1. The van der Waals surface area contributed by atoms with Gasteiger partial charge < -0.3 is 33.7 Å². The number of nitrogens with zero attached hydrogens (tertiary/aromatic N) is 3. The topological polar surface area (TPSA) is 108 Å². The second-order valence-corrected chi connectivity index (χ2v) is 7.78. The lowest BCUT2D eigenvalue weighted by Crippen LogP contribution is -2.36. The summed E-state index contributed by atoms with van der Waals surface area (Å²) in [6.45, 7) is 9.19. The Labute approximate surface area is 204 Å². The van der Waals surface area contributed by atoms with E-state index in [2.05, 4.69) is 20.4 Å². The van der Waals surface area contributed by atoms with Crippen LogP contribution in [0.1, 0.15) is 19.7 Å². The molecule has 0 saturated carbocycles. The molecule has 1 aliphatic rings. The van der Waals surface area contributed by atoms with Gasteiger partial charge in [0.2, 0.25) is 11.7 Å². The van der Waals surface area contributed by atoms with Crippen LogP contribution in [0.5, 0.6) is 17.2 Å². The first-order valence-corrected chi connectivity index (χ1v) is 11.7. The summed E-state index contributed by atoms with van der Waals surface area (Å²) in [4.78, 5) is 19.1. The molecule has 1 aromatic heterocycles. The minimum Gasteiger partial charge on any atom is -0.492 e. The molecule has 10 heteroatoms. The Balaban J connectivity index is 1.44. The first kappa shape index (κ1) is 24.3. The van der Waals surface area contributed by atoms with E-state index >= 15 is 0 Å². The summed E-state index contributed by atoms with van der Waals surface area (Å²) in [6.07, 6.45) is 0. The van der Waals surface area contributed by atoms with Gasteiger partial charge in [0.25, 0.3) is 5.91 Å². The van der Waals surface area contributed by atoms with E-state index in [1.54, 1.807) is 25.1 Å². The first-order chi connectivity index (χ1) is 17.1. The molecular formula is C25H30N4O6. The first-order valence-electron chi connectivity index (χ1n) is 11.7. The van der Waals surface area contributed by atoms with E-state index in [-0.39, 0.29) is 12.5 Å². The van der Waals surface area contributed by atoms with Gasteiger partial charge in [-0.15, -0.1) is 0 Å². The van der Waals surface area contributed by atoms with Gasteiger partial charge >= 0.3 is 0 Å². The number of carbonyl (C=O) groups is 1. The average Bonchev–Trinajstić information content (AvgIpc) is 3.31. The van der Waals surface area contributed by atoms with E-state index in [0.717, 1.165) is 24.3 Å². The van der Waals surface area contributed by atoms with Crippen molar-refractivity contribution < 1.29 is 28.3 Å². The Morgan fingerprint density at radius 3 is 2.40 bits per heavy atom. The highest BCUT2D eigenvalue weighted by Crippen LogP contribution is 2.39. The smallest absolute Gasteiger partial charge is 0.262 e. The molecule has 1 fully saturated rings. The van der Waals surface area contributed by atoms with Crippen LogP contribution in [-0.2, 0) is 9.53 Å². The van der Waals surface area contributed by atoms with E-state index < -0.39 is 0 Å². The molecule has 0 bridgehead atoms. The van der Waals surface area contributed by atoms with E-state index in [1.807, 2.05) is 32.0 Å². The number of ether oxygens (including phenoxy) is 4. The maximum atomic E-state index is 12.7. The quantitative estimate of drug-likeness (QED) is 0.463. The fourth-order valence-corrected chi connectivity index (χ4v) is 3.70. The minimum absolute atomic E-state index is 0.165. The Morgan fingerprint density at radius 2 is 1.74 bits per heavy atom. The van der Waals surface area contributed by atoms with E-state index in [0.29, 0.717) is 61.1 Å². The van der Waals surface area contributed by atoms with Gasteiger partial charge in [0.15, 0.2) is 6.61 Å². The van der Waals surface area contributed by atoms with Gasteiger partial charge in [-0.3, -0.25) is 4.79 Å². The van der Waals surface area contributed by atoms with E-state index in [9.17, 15) is 4.79 Å². The summed E-state index contributed by atoms with van der Waals surface area (Å²) in [5.41, 5.74) is 2.25.